The Labute approximate surface area is 102 Å². The lowest BCUT2D eigenvalue weighted by molar-refractivity contribution is 0.0783. The van der Waals surface area contributed by atoms with Gasteiger partial charge in [-0.2, -0.15) is 0 Å². The van der Waals surface area contributed by atoms with E-state index in [-0.39, 0.29) is 0 Å². The molecule has 0 spiro atoms. The molecule has 4 heteroatoms. The summed E-state index contributed by atoms with van der Waals surface area (Å²) in [5.41, 5.74) is 0. The van der Waals surface area contributed by atoms with Crippen LogP contribution in [-0.2, 0) is 9.47 Å². The van der Waals surface area contributed by atoms with Gasteiger partial charge in [0.05, 0.1) is 6.61 Å². The van der Waals surface area contributed by atoms with Gasteiger partial charge in [-0.3, -0.25) is 4.90 Å². The van der Waals surface area contributed by atoms with Crippen molar-refractivity contribution in [3.05, 3.63) is 0 Å². The Morgan fingerprint density at radius 2 is 1.87 bits per heavy atom. The van der Waals surface area contributed by atoms with Gasteiger partial charge in [-0.15, -0.1) is 0 Å². The summed E-state index contributed by atoms with van der Waals surface area (Å²) < 4.78 is 10.5. The molecule has 0 N–H and O–H groups in total. The molecular formula is C11H24BrNO2. The Morgan fingerprint density at radius 3 is 2.40 bits per heavy atom. The topological polar surface area (TPSA) is 21.7 Å². The van der Waals surface area contributed by atoms with Crippen LogP contribution in [0.15, 0.2) is 0 Å². The molecule has 3 nitrogen and oxygen atoms in total. The maximum atomic E-state index is 5.53. The second-order valence-electron chi connectivity index (χ2n) is 3.78. The summed E-state index contributed by atoms with van der Waals surface area (Å²) >= 11 is 3.46. The van der Waals surface area contributed by atoms with Crippen LogP contribution >= 0.6 is 15.9 Å². The molecule has 0 aliphatic rings. The van der Waals surface area contributed by atoms with E-state index >= 15 is 0 Å². The van der Waals surface area contributed by atoms with Gasteiger partial charge in [-0.1, -0.05) is 15.9 Å². The lowest BCUT2D eigenvalue weighted by Gasteiger charge is -2.25. The maximum absolute atomic E-state index is 5.53. The molecule has 0 aromatic carbocycles. The number of methoxy groups -OCH3 is 1. The van der Waals surface area contributed by atoms with Gasteiger partial charge in [0.1, 0.15) is 0 Å². The fourth-order valence-corrected chi connectivity index (χ4v) is 1.78. The lowest BCUT2D eigenvalue weighted by Crippen LogP contribution is -2.35. The van der Waals surface area contributed by atoms with Gasteiger partial charge < -0.3 is 9.47 Å². The molecule has 0 radical (unpaired) electrons. The number of nitrogens with zero attached hydrogens (tertiary/aromatic N) is 1. The number of hydrogen-bond donors (Lipinski definition) is 0. The van der Waals surface area contributed by atoms with Gasteiger partial charge in [0.2, 0.25) is 0 Å². The zero-order valence-corrected chi connectivity index (χ0v) is 11.8. The molecular weight excluding hydrogens is 258 g/mol. The first-order valence-corrected chi connectivity index (χ1v) is 6.71. The first-order valence-electron chi connectivity index (χ1n) is 5.59. The minimum atomic E-state index is 0.588. The quantitative estimate of drug-likeness (QED) is 0.452. The predicted octanol–water partition coefficient (Wildman–Crippen LogP) is 2.14. The highest BCUT2D eigenvalue weighted by Crippen LogP contribution is 1.99. The van der Waals surface area contributed by atoms with Crippen LogP contribution in [0.4, 0.5) is 0 Å². The highest BCUT2D eigenvalue weighted by Gasteiger charge is 2.07. The van der Waals surface area contributed by atoms with Crippen LogP contribution in [0.25, 0.3) is 0 Å². The molecule has 0 amide bonds. The smallest absolute Gasteiger partial charge is 0.0593 e. The van der Waals surface area contributed by atoms with Crippen LogP contribution in [0.1, 0.15) is 20.3 Å². The zero-order chi connectivity index (χ0) is 11.5. The van der Waals surface area contributed by atoms with Gasteiger partial charge in [0, 0.05) is 44.8 Å². The third-order valence-corrected chi connectivity index (χ3v) is 2.62. The molecule has 0 fully saturated rings. The van der Waals surface area contributed by atoms with Crippen molar-refractivity contribution in [1.82, 2.24) is 4.90 Å². The van der Waals surface area contributed by atoms with Crippen molar-refractivity contribution in [2.75, 3.05) is 45.4 Å². The summed E-state index contributed by atoms with van der Waals surface area (Å²) in [4.78, 5) is 2.41. The average molecular weight is 282 g/mol. The Hall–Kier alpha value is 0.360. The van der Waals surface area contributed by atoms with E-state index in [2.05, 4.69) is 34.7 Å². The molecule has 0 unspecified atom stereocenters. The number of ether oxygens (including phenoxy) is 2. The van der Waals surface area contributed by atoms with E-state index in [1.807, 2.05) is 0 Å². The fraction of sp³-hybridized carbons (Fsp3) is 1.00. The predicted molar refractivity (Wildman–Crippen MR) is 67.8 cm³/mol. The third kappa shape index (κ3) is 9.30. The van der Waals surface area contributed by atoms with Gasteiger partial charge in [-0.05, 0) is 20.3 Å². The van der Waals surface area contributed by atoms with E-state index in [1.54, 1.807) is 7.11 Å². The normalized spacial score (nSPS) is 11.6. The third-order valence-electron chi connectivity index (χ3n) is 2.26. The number of rotatable bonds is 10. The highest BCUT2D eigenvalue weighted by molar-refractivity contribution is 9.09. The summed E-state index contributed by atoms with van der Waals surface area (Å²) in [5.74, 6) is 0. The average Bonchev–Trinajstić information content (AvgIpc) is 2.21. The highest BCUT2D eigenvalue weighted by atomic mass is 79.9. The van der Waals surface area contributed by atoms with Gasteiger partial charge in [0.25, 0.3) is 0 Å². The molecule has 0 aliphatic heterocycles. The van der Waals surface area contributed by atoms with Gasteiger partial charge >= 0.3 is 0 Å². The summed E-state index contributed by atoms with van der Waals surface area (Å²) in [6.07, 6.45) is 0.983. The first-order chi connectivity index (χ1) is 7.22. The first kappa shape index (κ1) is 15.4. The Bertz CT molecular complexity index is 134. The molecule has 0 aliphatic carbocycles. The second-order valence-corrected chi connectivity index (χ2v) is 4.57. The van der Waals surface area contributed by atoms with Crippen molar-refractivity contribution in [2.45, 2.75) is 26.3 Å². The molecule has 0 atom stereocenters. The van der Waals surface area contributed by atoms with Crippen molar-refractivity contribution in [2.24, 2.45) is 0 Å². The Balaban J connectivity index is 3.37. The van der Waals surface area contributed by atoms with Crippen LogP contribution in [-0.4, -0.2) is 56.3 Å². The molecule has 0 rings (SSSR count). The van der Waals surface area contributed by atoms with Crippen LogP contribution in [0, 0.1) is 0 Å². The number of alkyl halides is 1. The van der Waals surface area contributed by atoms with Crippen LogP contribution in [0.3, 0.4) is 0 Å². The summed E-state index contributed by atoms with van der Waals surface area (Å²) in [6, 6.07) is 0.588. The Morgan fingerprint density at radius 1 is 1.13 bits per heavy atom. The summed E-state index contributed by atoms with van der Waals surface area (Å²) in [5, 5.41) is 1.02. The van der Waals surface area contributed by atoms with Crippen molar-refractivity contribution >= 4 is 15.9 Å². The lowest BCUT2D eigenvalue weighted by atomic mass is 10.3. The van der Waals surface area contributed by atoms with Crippen molar-refractivity contribution in [1.29, 1.82) is 0 Å². The minimum Gasteiger partial charge on any atom is -0.385 e. The molecule has 92 valence electrons. The van der Waals surface area contributed by atoms with Crippen molar-refractivity contribution in [3.63, 3.8) is 0 Å². The number of halogens is 1. The minimum absolute atomic E-state index is 0.588. The van der Waals surface area contributed by atoms with Crippen molar-refractivity contribution < 1.29 is 9.47 Å². The van der Waals surface area contributed by atoms with E-state index < -0.39 is 0 Å². The summed E-state index contributed by atoms with van der Waals surface area (Å²) in [6.45, 7) is 8.93. The molecule has 0 saturated heterocycles. The molecule has 0 bridgehead atoms. The van der Waals surface area contributed by atoms with E-state index in [4.69, 9.17) is 9.47 Å². The van der Waals surface area contributed by atoms with Gasteiger partial charge in [0.15, 0.2) is 0 Å². The maximum Gasteiger partial charge on any atom is 0.0593 e. The Kier molecular flexibility index (Phi) is 11.1. The van der Waals surface area contributed by atoms with E-state index in [0.29, 0.717) is 6.04 Å². The SMILES string of the molecule is COCCCOCCN(CCBr)C(C)C. The molecule has 0 heterocycles. The zero-order valence-electron chi connectivity index (χ0n) is 10.2. The fourth-order valence-electron chi connectivity index (χ4n) is 1.33. The van der Waals surface area contributed by atoms with Crippen LogP contribution in [0.5, 0.6) is 0 Å². The van der Waals surface area contributed by atoms with Crippen LogP contribution in [0.2, 0.25) is 0 Å². The summed E-state index contributed by atoms with van der Waals surface area (Å²) in [7, 11) is 1.72. The second kappa shape index (κ2) is 10.9. The number of hydrogen-bond acceptors (Lipinski definition) is 3. The van der Waals surface area contributed by atoms with Crippen LogP contribution < -0.4 is 0 Å². The van der Waals surface area contributed by atoms with Gasteiger partial charge in [-0.25, -0.2) is 0 Å². The van der Waals surface area contributed by atoms with E-state index in [1.165, 1.54) is 0 Å². The largest absolute Gasteiger partial charge is 0.385 e. The molecule has 0 saturated carbocycles. The standard InChI is InChI=1S/C11H24BrNO2/c1-11(2)13(6-5-12)7-10-15-9-4-8-14-3/h11H,4-10H2,1-3H3. The monoisotopic (exact) mass is 281 g/mol. The van der Waals surface area contributed by atoms with Crippen molar-refractivity contribution in [3.8, 4) is 0 Å². The molecule has 15 heavy (non-hydrogen) atoms. The molecule has 0 aromatic rings. The van der Waals surface area contributed by atoms with E-state index in [9.17, 15) is 0 Å². The molecule has 0 aromatic heterocycles. The van der Waals surface area contributed by atoms with E-state index in [0.717, 1.165) is 44.7 Å².